The van der Waals surface area contributed by atoms with Crippen molar-refractivity contribution in [2.75, 3.05) is 7.05 Å². The van der Waals surface area contributed by atoms with Crippen LogP contribution in [0.1, 0.15) is 39.2 Å². The third-order valence-corrected chi connectivity index (χ3v) is 6.42. The fourth-order valence-electron chi connectivity index (χ4n) is 3.68. The summed E-state index contributed by atoms with van der Waals surface area (Å²) in [5.74, 6) is 0.259. The first-order valence-corrected chi connectivity index (χ1v) is 11.7. The maximum Gasteiger partial charge on any atom is 0.162 e. The van der Waals surface area contributed by atoms with Crippen molar-refractivity contribution in [3.8, 4) is 0 Å². The van der Waals surface area contributed by atoms with Gasteiger partial charge in [0.15, 0.2) is 5.17 Å². The van der Waals surface area contributed by atoms with Crippen LogP contribution in [-0.4, -0.2) is 34.5 Å². The minimum Gasteiger partial charge on any atom is -0.332 e. The van der Waals surface area contributed by atoms with Crippen LogP contribution in [0.5, 0.6) is 0 Å². The molecule has 3 rings (SSSR count). The molecule has 2 atom stereocenters. The number of fused-ring (bicyclic) bond motifs is 1. The molecular formula is C26H31FN4S. The Hall–Kier alpha value is -2.73. The number of aliphatic imine (C=N–C) groups is 1. The van der Waals surface area contributed by atoms with Gasteiger partial charge < -0.3 is 4.90 Å². The third-order valence-electron chi connectivity index (χ3n) is 5.45. The summed E-state index contributed by atoms with van der Waals surface area (Å²) in [6.07, 6.45) is 3.52. The summed E-state index contributed by atoms with van der Waals surface area (Å²) in [5.41, 5.74) is 1.86. The molecule has 4 nitrogen and oxygen atoms in total. The predicted molar refractivity (Wildman–Crippen MR) is 134 cm³/mol. The second kappa shape index (κ2) is 10.7. The first-order valence-electron chi connectivity index (χ1n) is 10.9. The minimum atomic E-state index is -0.233. The van der Waals surface area contributed by atoms with Crippen molar-refractivity contribution in [3.05, 3.63) is 72.2 Å². The first-order chi connectivity index (χ1) is 15.3. The van der Waals surface area contributed by atoms with Gasteiger partial charge in [0, 0.05) is 35.7 Å². The van der Waals surface area contributed by atoms with Crippen molar-refractivity contribution in [3.63, 3.8) is 0 Å². The van der Waals surface area contributed by atoms with Crippen LogP contribution in [0.15, 0.2) is 70.7 Å². The van der Waals surface area contributed by atoms with Crippen LogP contribution >= 0.6 is 11.8 Å². The van der Waals surface area contributed by atoms with E-state index in [1.54, 1.807) is 18.3 Å². The van der Waals surface area contributed by atoms with Gasteiger partial charge in [0.2, 0.25) is 0 Å². The van der Waals surface area contributed by atoms with Crippen molar-refractivity contribution in [1.82, 2.24) is 9.88 Å². The number of amidine groups is 1. The summed E-state index contributed by atoms with van der Waals surface area (Å²) in [6, 6.07) is 16.7. The zero-order chi connectivity index (χ0) is 23.3. The SMILES string of the molecule is CC(C)C(/C=N\C(C(C)C)N(C)C(=N)Sc1ccc2ncccc2c1)c1cccc(F)c1. The Morgan fingerprint density at radius 1 is 1.06 bits per heavy atom. The number of benzene rings is 2. The van der Waals surface area contributed by atoms with Gasteiger partial charge in [-0.3, -0.25) is 15.4 Å². The molecule has 2 aromatic carbocycles. The molecule has 1 heterocycles. The zero-order valence-corrected chi connectivity index (χ0v) is 20.1. The number of nitrogens with one attached hydrogen (secondary N) is 1. The quantitative estimate of drug-likeness (QED) is 0.244. The number of rotatable bonds is 7. The molecule has 0 aliphatic heterocycles. The Bertz CT molecular complexity index is 1100. The lowest BCUT2D eigenvalue weighted by atomic mass is 9.89. The maximum absolute atomic E-state index is 13.8. The van der Waals surface area contributed by atoms with Gasteiger partial charge in [-0.25, -0.2) is 4.39 Å². The molecule has 0 saturated carbocycles. The summed E-state index contributed by atoms with van der Waals surface area (Å²) in [5, 5.41) is 10.2. The summed E-state index contributed by atoms with van der Waals surface area (Å²) >= 11 is 1.41. The van der Waals surface area contributed by atoms with E-state index < -0.39 is 0 Å². The lowest BCUT2D eigenvalue weighted by Gasteiger charge is -2.30. The van der Waals surface area contributed by atoms with Gasteiger partial charge in [-0.1, -0.05) is 57.7 Å². The van der Waals surface area contributed by atoms with Crippen LogP contribution in [0.2, 0.25) is 0 Å². The van der Waals surface area contributed by atoms with Gasteiger partial charge >= 0.3 is 0 Å². The summed E-state index contributed by atoms with van der Waals surface area (Å²) in [7, 11) is 1.91. The number of thioether (sulfide) groups is 1. The minimum absolute atomic E-state index is 0.00942. The largest absolute Gasteiger partial charge is 0.332 e. The van der Waals surface area contributed by atoms with E-state index in [1.165, 1.54) is 17.8 Å². The van der Waals surface area contributed by atoms with E-state index in [0.717, 1.165) is 21.4 Å². The molecule has 0 radical (unpaired) electrons. The molecule has 2 unspecified atom stereocenters. The van der Waals surface area contributed by atoms with E-state index in [4.69, 9.17) is 10.4 Å². The van der Waals surface area contributed by atoms with E-state index in [2.05, 4.69) is 38.7 Å². The molecule has 0 fully saturated rings. The van der Waals surface area contributed by atoms with Crippen molar-refractivity contribution < 1.29 is 4.39 Å². The van der Waals surface area contributed by atoms with Crippen LogP contribution in [0.3, 0.4) is 0 Å². The van der Waals surface area contributed by atoms with E-state index >= 15 is 0 Å². The normalized spacial score (nSPS) is 13.8. The molecule has 0 bridgehead atoms. The second-order valence-corrected chi connectivity index (χ2v) is 9.72. The fourth-order valence-corrected chi connectivity index (χ4v) is 4.48. The highest BCUT2D eigenvalue weighted by Crippen LogP contribution is 2.27. The number of hydrogen-bond acceptors (Lipinski definition) is 4. The third kappa shape index (κ3) is 5.94. The standard InChI is InChI=1S/C26H31FN4S/c1-17(2)23(19-8-6-10-21(27)14-19)16-30-25(18(3)4)31(5)26(28)32-22-11-12-24-20(15-22)9-7-13-29-24/h6-18,23,25,28H,1-5H3/b28-26?,30-16-. The first kappa shape index (κ1) is 23.9. The van der Waals surface area contributed by atoms with Crippen molar-refractivity contribution in [2.45, 2.75) is 44.7 Å². The van der Waals surface area contributed by atoms with Gasteiger partial charge in [0.1, 0.15) is 12.0 Å². The van der Waals surface area contributed by atoms with E-state index in [1.807, 2.05) is 48.5 Å². The lowest BCUT2D eigenvalue weighted by molar-refractivity contribution is 0.300. The lowest BCUT2D eigenvalue weighted by Crippen LogP contribution is -2.37. The monoisotopic (exact) mass is 450 g/mol. The Morgan fingerprint density at radius 3 is 2.53 bits per heavy atom. The van der Waals surface area contributed by atoms with Crippen molar-refractivity contribution in [2.24, 2.45) is 16.8 Å². The predicted octanol–water partition coefficient (Wildman–Crippen LogP) is 6.83. The number of halogens is 1. The van der Waals surface area contributed by atoms with Gasteiger partial charge in [0.05, 0.1) is 5.52 Å². The Morgan fingerprint density at radius 2 is 1.84 bits per heavy atom. The second-order valence-electron chi connectivity index (χ2n) is 8.66. The Labute approximate surface area is 194 Å². The summed E-state index contributed by atoms with van der Waals surface area (Å²) < 4.78 is 13.8. The Kier molecular flexibility index (Phi) is 8.02. The van der Waals surface area contributed by atoms with Crippen LogP contribution < -0.4 is 0 Å². The highest BCUT2D eigenvalue weighted by Gasteiger charge is 2.22. The van der Waals surface area contributed by atoms with Gasteiger partial charge in [-0.15, -0.1) is 0 Å². The highest BCUT2D eigenvalue weighted by molar-refractivity contribution is 8.13. The van der Waals surface area contributed by atoms with Gasteiger partial charge in [-0.05, 0) is 53.8 Å². The average molecular weight is 451 g/mol. The van der Waals surface area contributed by atoms with Crippen LogP contribution in [0.25, 0.3) is 10.9 Å². The average Bonchev–Trinajstić information content (AvgIpc) is 2.75. The molecule has 1 N–H and O–H groups in total. The van der Waals surface area contributed by atoms with Crippen molar-refractivity contribution in [1.29, 1.82) is 5.41 Å². The highest BCUT2D eigenvalue weighted by atomic mass is 32.2. The zero-order valence-electron chi connectivity index (χ0n) is 19.3. The van der Waals surface area contributed by atoms with Crippen LogP contribution in [0, 0.1) is 23.1 Å². The molecule has 0 saturated heterocycles. The topological polar surface area (TPSA) is 52.3 Å². The number of aromatic nitrogens is 1. The number of pyridine rings is 1. The smallest absolute Gasteiger partial charge is 0.162 e. The van der Waals surface area contributed by atoms with E-state index in [0.29, 0.717) is 5.17 Å². The number of nitrogens with zero attached hydrogens (tertiary/aromatic N) is 3. The molecule has 0 amide bonds. The molecule has 0 aliphatic rings. The van der Waals surface area contributed by atoms with Crippen LogP contribution in [0.4, 0.5) is 4.39 Å². The van der Waals surface area contributed by atoms with Gasteiger partial charge in [-0.2, -0.15) is 0 Å². The van der Waals surface area contributed by atoms with E-state index in [9.17, 15) is 4.39 Å². The molecule has 32 heavy (non-hydrogen) atoms. The van der Waals surface area contributed by atoms with E-state index in [-0.39, 0.29) is 29.7 Å². The maximum atomic E-state index is 13.8. The number of hydrogen-bond donors (Lipinski definition) is 1. The molecule has 1 aromatic heterocycles. The van der Waals surface area contributed by atoms with Gasteiger partial charge in [0.25, 0.3) is 0 Å². The molecular weight excluding hydrogens is 419 g/mol. The molecule has 6 heteroatoms. The molecule has 0 aliphatic carbocycles. The Balaban J connectivity index is 1.77. The summed E-state index contributed by atoms with van der Waals surface area (Å²) in [4.78, 5) is 12.1. The van der Waals surface area contributed by atoms with Crippen molar-refractivity contribution >= 4 is 34.0 Å². The molecule has 168 valence electrons. The summed E-state index contributed by atoms with van der Waals surface area (Å²) in [6.45, 7) is 8.43. The van der Waals surface area contributed by atoms with Crippen LogP contribution in [-0.2, 0) is 0 Å². The fraction of sp³-hybridized carbons (Fsp3) is 0.346. The molecule has 0 spiro atoms. The molecule has 3 aromatic rings.